The molecule has 0 aliphatic carbocycles. The first-order valence-corrected chi connectivity index (χ1v) is 4.69. The van der Waals surface area contributed by atoms with Crippen molar-refractivity contribution in [3.05, 3.63) is 29.6 Å². The van der Waals surface area contributed by atoms with Crippen molar-refractivity contribution in [3.63, 3.8) is 0 Å². The van der Waals surface area contributed by atoms with Crippen molar-refractivity contribution in [3.8, 4) is 0 Å². The number of rotatable bonds is 4. The summed E-state index contributed by atoms with van der Waals surface area (Å²) in [6, 6.07) is 3.69. The van der Waals surface area contributed by atoms with Gasteiger partial charge in [-0.15, -0.1) is 0 Å². The smallest absolute Gasteiger partial charge is 0.405 e. The summed E-state index contributed by atoms with van der Waals surface area (Å²) in [5, 5.41) is 0. The SMILES string of the molecule is NC(=O)CC(OC(N)=O)c1cc(N)ccc1F. The van der Waals surface area contributed by atoms with Gasteiger partial charge in [-0.25, -0.2) is 9.18 Å². The molecule has 0 aliphatic rings. The molecule has 0 radical (unpaired) electrons. The third-order valence-corrected chi connectivity index (χ3v) is 2.01. The second-order valence-electron chi connectivity index (χ2n) is 3.38. The number of halogens is 1. The number of amides is 2. The number of ether oxygens (including phenoxy) is 1. The summed E-state index contributed by atoms with van der Waals surface area (Å²) in [6.45, 7) is 0. The molecule has 1 atom stereocenters. The molecule has 0 saturated heterocycles. The second kappa shape index (κ2) is 5.15. The summed E-state index contributed by atoms with van der Waals surface area (Å²) >= 11 is 0. The molecular formula is C10H12FN3O3. The van der Waals surface area contributed by atoms with E-state index in [9.17, 15) is 14.0 Å². The van der Waals surface area contributed by atoms with Crippen LogP contribution in [-0.4, -0.2) is 12.0 Å². The third kappa shape index (κ3) is 3.63. The highest BCUT2D eigenvalue weighted by atomic mass is 19.1. The van der Waals surface area contributed by atoms with Crippen LogP contribution in [0.15, 0.2) is 18.2 Å². The van der Waals surface area contributed by atoms with Gasteiger partial charge in [0, 0.05) is 11.3 Å². The summed E-state index contributed by atoms with van der Waals surface area (Å²) in [4.78, 5) is 21.5. The molecule has 0 bridgehead atoms. The van der Waals surface area contributed by atoms with Crippen LogP contribution in [0.1, 0.15) is 18.1 Å². The zero-order chi connectivity index (χ0) is 13.0. The second-order valence-corrected chi connectivity index (χ2v) is 3.38. The largest absolute Gasteiger partial charge is 0.441 e. The van der Waals surface area contributed by atoms with E-state index in [1.807, 2.05) is 0 Å². The molecule has 2 amide bonds. The fraction of sp³-hybridized carbons (Fsp3) is 0.200. The number of nitrogens with two attached hydrogens (primary N) is 3. The summed E-state index contributed by atoms with van der Waals surface area (Å²) in [5.41, 5.74) is 15.5. The number of primary amides is 2. The maximum Gasteiger partial charge on any atom is 0.405 e. The number of carbonyl (C=O) groups excluding carboxylic acids is 2. The zero-order valence-corrected chi connectivity index (χ0v) is 8.85. The molecular weight excluding hydrogens is 229 g/mol. The quantitative estimate of drug-likeness (QED) is 0.661. The lowest BCUT2D eigenvalue weighted by atomic mass is 10.0. The predicted octanol–water partition coefficient (Wildman–Crippen LogP) is 0.420. The summed E-state index contributed by atoms with van der Waals surface area (Å²) in [6.07, 6.45) is -2.67. The zero-order valence-electron chi connectivity index (χ0n) is 8.85. The van der Waals surface area contributed by atoms with Gasteiger partial charge in [-0.3, -0.25) is 4.79 Å². The van der Waals surface area contributed by atoms with E-state index in [1.54, 1.807) is 0 Å². The average molecular weight is 241 g/mol. The van der Waals surface area contributed by atoms with E-state index < -0.39 is 23.9 Å². The molecule has 0 heterocycles. The number of nitrogen functional groups attached to an aromatic ring is 1. The maximum atomic E-state index is 13.5. The van der Waals surface area contributed by atoms with Gasteiger partial charge in [0.1, 0.15) is 11.9 Å². The van der Waals surface area contributed by atoms with Crippen molar-refractivity contribution < 1.29 is 18.7 Å². The topological polar surface area (TPSA) is 121 Å². The van der Waals surface area contributed by atoms with E-state index in [1.165, 1.54) is 12.1 Å². The third-order valence-electron chi connectivity index (χ3n) is 2.01. The Morgan fingerprint density at radius 3 is 2.53 bits per heavy atom. The van der Waals surface area contributed by atoms with Crippen molar-refractivity contribution in [2.75, 3.05) is 5.73 Å². The molecule has 0 aliphatic heterocycles. The van der Waals surface area contributed by atoms with Gasteiger partial charge >= 0.3 is 6.09 Å². The van der Waals surface area contributed by atoms with Gasteiger partial charge < -0.3 is 21.9 Å². The van der Waals surface area contributed by atoms with Crippen LogP contribution >= 0.6 is 0 Å². The Bertz CT molecular complexity index is 434. The Labute approximate surface area is 96.5 Å². The Hall–Kier alpha value is -2.31. The minimum atomic E-state index is -1.17. The Balaban J connectivity index is 3.06. The fourth-order valence-electron chi connectivity index (χ4n) is 1.35. The predicted molar refractivity (Wildman–Crippen MR) is 58.0 cm³/mol. The van der Waals surface area contributed by atoms with Crippen molar-refractivity contribution >= 4 is 17.7 Å². The van der Waals surface area contributed by atoms with E-state index in [0.29, 0.717) is 0 Å². The number of benzene rings is 1. The lowest BCUT2D eigenvalue weighted by molar-refractivity contribution is -0.119. The lowest BCUT2D eigenvalue weighted by Crippen LogP contribution is -2.23. The molecule has 6 nitrogen and oxygen atoms in total. The van der Waals surface area contributed by atoms with Crippen molar-refractivity contribution in [1.29, 1.82) is 0 Å². The molecule has 7 heteroatoms. The first-order valence-electron chi connectivity index (χ1n) is 4.69. The van der Waals surface area contributed by atoms with E-state index in [4.69, 9.17) is 17.2 Å². The van der Waals surface area contributed by atoms with Gasteiger partial charge in [0.2, 0.25) is 5.91 Å². The van der Waals surface area contributed by atoms with Crippen LogP contribution in [0.2, 0.25) is 0 Å². The van der Waals surface area contributed by atoms with Crippen LogP contribution in [0.3, 0.4) is 0 Å². The summed E-state index contributed by atoms with van der Waals surface area (Å²) in [5.74, 6) is -1.41. The number of hydrogen-bond acceptors (Lipinski definition) is 4. The molecule has 0 spiro atoms. The fourth-order valence-corrected chi connectivity index (χ4v) is 1.35. The Kier molecular flexibility index (Phi) is 3.86. The van der Waals surface area contributed by atoms with Gasteiger partial charge in [0.05, 0.1) is 6.42 Å². The minimum absolute atomic E-state index is 0.0393. The van der Waals surface area contributed by atoms with Crippen LogP contribution in [0.4, 0.5) is 14.9 Å². The lowest BCUT2D eigenvalue weighted by Gasteiger charge is -2.16. The molecule has 1 aromatic carbocycles. The van der Waals surface area contributed by atoms with E-state index in [0.717, 1.165) is 6.07 Å². The normalized spacial score (nSPS) is 11.8. The van der Waals surface area contributed by atoms with Crippen LogP contribution in [0, 0.1) is 5.82 Å². The summed E-state index contributed by atoms with van der Waals surface area (Å²) in [7, 11) is 0. The highest BCUT2D eigenvalue weighted by molar-refractivity contribution is 5.75. The van der Waals surface area contributed by atoms with Gasteiger partial charge in [-0.1, -0.05) is 0 Å². The molecule has 92 valence electrons. The summed E-state index contributed by atoms with van der Waals surface area (Å²) < 4.78 is 18.1. The molecule has 1 aromatic rings. The van der Waals surface area contributed by atoms with E-state index in [-0.39, 0.29) is 17.7 Å². The molecule has 0 fully saturated rings. The first-order chi connectivity index (χ1) is 7.90. The molecule has 17 heavy (non-hydrogen) atoms. The van der Waals surface area contributed by atoms with E-state index >= 15 is 0 Å². The number of hydrogen-bond donors (Lipinski definition) is 3. The average Bonchev–Trinajstić information content (AvgIpc) is 2.19. The Morgan fingerprint density at radius 1 is 1.35 bits per heavy atom. The molecule has 0 aromatic heterocycles. The highest BCUT2D eigenvalue weighted by Gasteiger charge is 2.21. The van der Waals surface area contributed by atoms with Crippen molar-refractivity contribution in [1.82, 2.24) is 0 Å². The standard InChI is InChI=1S/C10H12FN3O3/c11-7-2-1-5(12)3-6(7)8(4-9(13)15)17-10(14)16/h1-3,8H,4,12H2,(H2,13,15)(H2,14,16). The molecule has 0 saturated carbocycles. The highest BCUT2D eigenvalue weighted by Crippen LogP contribution is 2.25. The van der Waals surface area contributed by atoms with Gasteiger partial charge in [0.25, 0.3) is 0 Å². The maximum absolute atomic E-state index is 13.5. The Morgan fingerprint density at radius 2 is 2.00 bits per heavy atom. The van der Waals surface area contributed by atoms with E-state index in [2.05, 4.69) is 4.74 Å². The van der Waals surface area contributed by atoms with Gasteiger partial charge in [-0.2, -0.15) is 0 Å². The van der Waals surface area contributed by atoms with Crippen molar-refractivity contribution in [2.24, 2.45) is 11.5 Å². The number of anilines is 1. The number of carbonyl (C=O) groups is 2. The van der Waals surface area contributed by atoms with Crippen LogP contribution < -0.4 is 17.2 Å². The van der Waals surface area contributed by atoms with Gasteiger partial charge in [-0.05, 0) is 18.2 Å². The molecule has 1 rings (SSSR count). The minimum Gasteiger partial charge on any atom is -0.441 e. The van der Waals surface area contributed by atoms with Crippen molar-refractivity contribution in [2.45, 2.75) is 12.5 Å². The van der Waals surface area contributed by atoms with Crippen LogP contribution in [-0.2, 0) is 9.53 Å². The molecule has 6 N–H and O–H groups in total. The van der Waals surface area contributed by atoms with Crippen LogP contribution in [0.25, 0.3) is 0 Å². The first kappa shape index (κ1) is 12.8. The molecule has 1 unspecified atom stereocenters. The monoisotopic (exact) mass is 241 g/mol. The van der Waals surface area contributed by atoms with Crippen LogP contribution in [0.5, 0.6) is 0 Å². The van der Waals surface area contributed by atoms with Gasteiger partial charge in [0.15, 0.2) is 0 Å².